The monoisotopic (exact) mass is 337 g/mol. The van der Waals surface area contributed by atoms with Crippen molar-refractivity contribution in [3.63, 3.8) is 0 Å². The molecule has 2 aromatic rings. The molecule has 0 aliphatic heterocycles. The second kappa shape index (κ2) is 5.13. The van der Waals surface area contributed by atoms with Crippen molar-refractivity contribution in [1.29, 1.82) is 0 Å². The molecule has 0 spiro atoms. The van der Waals surface area contributed by atoms with E-state index < -0.39 is 0 Å². The van der Waals surface area contributed by atoms with Crippen LogP contribution < -0.4 is 0 Å². The summed E-state index contributed by atoms with van der Waals surface area (Å²) in [6, 6.07) is 1.96. The Labute approximate surface area is 126 Å². The molecule has 0 radical (unpaired) electrons. The molecule has 0 unspecified atom stereocenters. The summed E-state index contributed by atoms with van der Waals surface area (Å²) >= 11 is 8.87. The van der Waals surface area contributed by atoms with Gasteiger partial charge in [-0.3, -0.25) is 4.98 Å². The molecule has 2 heterocycles. The maximum atomic E-state index is 5.34. The second-order valence-corrected chi connectivity index (χ2v) is 6.70. The first-order chi connectivity index (χ1) is 8.80. The molecule has 19 heavy (non-hydrogen) atoms. The van der Waals surface area contributed by atoms with E-state index in [0.717, 1.165) is 27.1 Å². The lowest BCUT2D eigenvalue weighted by atomic mass is 9.92. The third-order valence-corrected chi connectivity index (χ3v) is 4.24. The van der Waals surface area contributed by atoms with Crippen LogP contribution in [0.5, 0.6) is 0 Å². The Kier molecular flexibility index (Phi) is 3.87. The van der Waals surface area contributed by atoms with Gasteiger partial charge in [-0.05, 0) is 34.5 Å². The average molecular weight is 338 g/mol. The molecule has 2 rings (SSSR count). The summed E-state index contributed by atoms with van der Waals surface area (Å²) in [5.41, 5.74) is 3.10. The van der Waals surface area contributed by atoms with Gasteiger partial charge in [0.15, 0.2) is 0 Å². The number of aryl methyl sites for hydroxylation is 1. The summed E-state index contributed by atoms with van der Waals surface area (Å²) in [5.74, 6) is 0.767. The Morgan fingerprint density at radius 1 is 1.32 bits per heavy atom. The predicted molar refractivity (Wildman–Crippen MR) is 83.8 cm³/mol. The van der Waals surface area contributed by atoms with Gasteiger partial charge in [0, 0.05) is 29.1 Å². The average Bonchev–Trinajstić information content (AvgIpc) is 2.31. The van der Waals surface area contributed by atoms with Gasteiger partial charge in [0.2, 0.25) is 0 Å². The van der Waals surface area contributed by atoms with E-state index in [2.05, 4.69) is 51.7 Å². The zero-order valence-corrected chi connectivity index (χ0v) is 13.8. The minimum Gasteiger partial charge on any atom is -0.342 e. The first kappa shape index (κ1) is 14.3. The number of H-pyrrole nitrogens is 1. The molecule has 1 N–H and O–H groups in total. The van der Waals surface area contributed by atoms with Gasteiger partial charge in [0.25, 0.3) is 0 Å². The number of pyridine rings is 1. The third kappa shape index (κ3) is 2.92. The van der Waals surface area contributed by atoms with Crippen molar-refractivity contribution in [2.75, 3.05) is 0 Å². The van der Waals surface area contributed by atoms with Crippen LogP contribution in [0.15, 0.2) is 22.9 Å². The molecule has 5 heteroatoms. The molecule has 0 bridgehead atoms. The minimum atomic E-state index is -0.0415. The van der Waals surface area contributed by atoms with Crippen LogP contribution in [0.1, 0.15) is 32.0 Å². The van der Waals surface area contributed by atoms with E-state index in [-0.39, 0.29) is 5.41 Å². The molecule has 0 fully saturated rings. The smallest absolute Gasteiger partial charge is 0.144 e. The summed E-state index contributed by atoms with van der Waals surface area (Å²) in [6.45, 7) is 8.45. The summed E-state index contributed by atoms with van der Waals surface area (Å²) in [6.07, 6.45) is 3.58. The molecule has 0 aromatic carbocycles. The van der Waals surface area contributed by atoms with Crippen LogP contribution in [-0.4, -0.2) is 15.0 Å². The number of aromatic amines is 1. The highest BCUT2D eigenvalue weighted by Gasteiger charge is 2.20. The number of hydrogen-bond donors (Lipinski definition) is 1. The van der Waals surface area contributed by atoms with Crippen LogP contribution in [-0.2, 0) is 5.41 Å². The van der Waals surface area contributed by atoms with Crippen LogP contribution in [0.25, 0.3) is 11.4 Å². The molecular weight excluding hydrogens is 322 g/mol. The van der Waals surface area contributed by atoms with Crippen molar-refractivity contribution >= 4 is 28.1 Å². The first-order valence-electron chi connectivity index (χ1n) is 6.02. The van der Waals surface area contributed by atoms with E-state index in [0.29, 0.717) is 4.64 Å². The van der Waals surface area contributed by atoms with Crippen molar-refractivity contribution < 1.29 is 0 Å². The molecule has 0 atom stereocenters. The van der Waals surface area contributed by atoms with Gasteiger partial charge in [0.1, 0.15) is 10.5 Å². The van der Waals surface area contributed by atoms with E-state index in [9.17, 15) is 0 Å². The van der Waals surface area contributed by atoms with Crippen LogP contribution >= 0.6 is 28.1 Å². The number of aromatic nitrogens is 3. The summed E-state index contributed by atoms with van der Waals surface area (Å²) in [7, 11) is 0. The third-order valence-electron chi connectivity index (χ3n) is 2.91. The zero-order valence-electron chi connectivity index (χ0n) is 11.4. The minimum absolute atomic E-state index is 0.0415. The van der Waals surface area contributed by atoms with Gasteiger partial charge in [-0.2, -0.15) is 0 Å². The normalized spacial score (nSPS) is 11.6. The maximum absolute atomic E-state index is 5.34. The van der Waals surface area contributed by atoms with E-state index >= 15 is 0 Å². The lowest BCUT2D eigenvalue weighted by molar-refractivity contribution is 0.563. The van der Waals surface area contributed by atoms with Crippen molar-refractivity contribution in [2.24, 2.45) is 0 Å². The molecule has 100 valence electrons. The number of hydrogen-bond acceptors (Lipinski definition) is 3. The second-order valence-electron chi connectivity index (χ2n) is 5.52. The van der Waals surface area contributed by atoms with Gasteiger partial charge in [-0.25, -0.2) is 4.98 Å². The molecule has 2 aromatic heterocycles. The standard InChI is InChI=1S/C14H16BrN3S/c1-8-5-6-16-7-9(8)12-17-11(14(2,3)4)10(15)13(19)18-12/h5-7H,1-4H3,(H,17,18,19). The highest BCUT2D eigenvalue weighted by molar-refractivity contribution is 9.10. The van der Waals surface area contributed by atoms with Gasteiger partial charge in [-0.1, -0.05) is 33.0 Å². The van der Waals surface area contributed by atoms with Gasteiger partial charge >= 0.3 is 0 Å². The van der Waals surface area contributed by atoms with Gasteiger partial charge in [0.05, 0.1) is 4.47 Å². The summed E-state index contributed by atoms with van der Waals surface area (Å²) in [5, 5.41) is 0. The molecule has 0 aliphatic rings. The molecule has 0 saturated carbocycles. The van der Waals surface area contributed by atoms with Crippen LogP contribution in [0.3, 0.4) is 0 Å². The number of nitrogens with zero attached hydrogens (tertiary/aromatic N) is 2. The fourth-order valence-electron chi connectivity index (χ4n) is 1.81. The van der Waals surface area contributed by atoms with E-state index in [1.807, 2.05) is 19.2 Å². The Bertz CT molecular complexity index is 671. The Hall–Kier alpha value is -1.07. The highest BCUT2D eigenvalue weighted by Crippen LogP contribution is 2.30. The Balaban J connectivity index is 2.71. The van der Waals surface area contributed by atoms with E-state index in [1.54, 1.807) is 6.20 Å². The maximum Gasteiger partial charge on any atom is 0.144 e. The first-order valence-corrected chi connectivity index (χ1v) is 7.22. The van der Waals surface area contributed by atoms with Crippen LogP contribution in [0.4, 0.5) is 0 Å². The van der Waals surface area contributed by atoms with E-state index in [4.69, 9.17) is 12.2 Å². The fraction of sp³-hybridized carbons (Fsp3) is 0.357. The fourth-order valence-corrected chi connectivity index (χ4v) is 2.79. The zero-order chi connectivity index (χ0) is 14.2. The lowest BCUT2D eigenvalue weighted by Crippen LogP contribution is -2.16. The number of rotatable bonds is 1. The van der Waals surface area contributed by atoms with Crippen molar-refractivity contribution in [1.82, 2.24) is 15.0 Å². The quantitative estimate of drug-likeness (QED) is 0.775. The topological polar surface area (TPSA) is 41.6 Å². The molecule has 0 amide bonds. The molecule has 3 nitrogen and oxygen atoms in total. The van der Waals surface area contributed by atoms with Gasteiger partial charge < -0.3 is 4.98 Å². The summed E-state index contributed by atoms with van der Waals surface area (Å²) < 4.78 is 1.43. The predicted octanol–water partition coefficient (Wildman–Crippen LogP) is 4.57. The van der Waals surface area contributed by atoms with Crippen molar-refractivity contribution in [2.45, 2.75) is 33.1 Å². The molecular formula is C14H16BrN3S. The Morgan fingerprint density at radius 2 is 2.00 bits per heavy atom. The molecule has 0 saturated heterocycles. The Morgan fingerprint density at radius 3 is 2.58 bits per heavy atom. The van der Waals surface area contributed by atoms with Crippen LogP contribution in [0, 0.1) is 11.6 Å². The molecule has 0 aliphatic carbocycles. The number of halogens is 1. The van der Waals surface area contributed by atoms with Gasteiger partial charge in [-0.15, -0.1) is 0 Å². The van der Waals surface area contributed by atoms with Crippen molar-refractivity contribution in [3.05, 3.63) is 38.8 Å². The van der Waals surface area contributed by atoms with E-state index in [1.165, 1.54) is 0 Å². The summed E-state index contributed by atoms with van der Waals surface area (Å²) in [4.78, 5) is 12.0. The highest BCUT2D eigenvalue weighted by atomic mass is 79.9. The lowest BCUT2D eigenvalue weighted by Gasteiger charge is -2.21. The largest absolute Gasteiger partial charge is 0.342 e. The van der Waals surface area contributed by atoms with Crippen LogP contribution in [0.2, 0.25) is 0 Å². The number of nitrogens with one attached hydrogen (secondary N) is 1. The SMILES string of the molecule is Cc1ccncc1-c1nc(=S)c(Br)c(C(C)(C)C)[nH]1. The van der Waals surface area contributed by atoms with Crippen molar-refractivity contribution in [3.8, 4) is 11.4 Å².